The Kier molecular flexibility index (Phi) is 14.5. The van der Waals surface area contributed by atoms with Gasteiger partial charge in [0, 0.05) is 7.79 Å². The zero-order valence-corrected chi connectivity index (χ0v) is 18.6. The summed E-state index contributed by atoms with van der Waals surface area (Å²) in [6, 6.07) is 0. The van der Waals surface area contributed by atoms with Gasteiger partial charge in [-0.25, -0.2) is 0 Å². The van der Waals surface area contributed by atoms with E-state index in [-0.39, 0.29) is 6.42 Å². The highest BCUT2D eigenvalue weighted by molar-refractivity contribution is 5.69. The summed E-state index contributed by atoms with van der Waals surface area (Å²) in [5.41, 5.74) is 0. The molecule has 1 aliphatic heterocycles. The van der Waals surface area contributed by atoms with Gasteiger partial charge in [0.25, 0.3) is 0 Å². The van der Waals surface area contributed by atoms with Gasteiger partial charge in [0.1, 0.15) is 18.3 Å². The molecule has 1 unspecified atom stereocenters. The van der Waals surface area contributed by atoms with Crippen molar-refractivity contribution in [2.75, 3.05) is 6.61 Å². The van der Waals surface area contributed by atoms with E-state index in [0.717, 1.165) is 57.8 Å². The number of hydrogen-bond donors (Lipinski definition) is 4. The molecule has 0 aromatic heterocycles. The summed E-state index contributed by atoms with van der Waals surface area (Å²) >= 11 is 0. The lowest BCUT2D eigenvalue weighted by Crippen LogP contribution is -2.59. The van der Waals surface area contributed by atoms with Gasteiger partial charge < -0.3 is 29.9 Å². The third kappa shape index (κ3) is 11.8. The van der Waals surface area contributed by atoms with Crippen LogP contribution in [0.1, 0.15) is 85.3 Å². The molecule has 0 amide bonds. The number of aliphatic hydroxyl groups is 4. The molecule has 0 saturated carbocycles. The third-order valence-corrected chi connectivity index (χ3v) is 5.34. The van der Waals surface area contributed by atoms with Crippen LogP contribution in [-0.2, 0) is 14.3 Å². The highest BCUT2D eigenvalue weighted by atomic mass is 16.7. The molecule has 1 aliphatic rings. The van der Waals surface area contributed by atoms with Crippen LogP contribution in [0.25, 0.3) is 0 Å². The van der Waals surface area contributed by atoms with Gasteiger partial charge in [0.15, 0.2) is 12.4 Å². The zero-order chi connectivity index (χ0) is 23.6. The Balaban J connectivity index is 2.02. The number of unbranched alkanes of at least 4 members (excludes halogenated alkanes) is 8. The van der Waals surface area contributed by atoms with Crippen molar-refractivity contribution in [1.82, 2.24) is 0 Å². The van der Waals surface area contributed by atoms with Crippen LogP contribution in [-0.4, -0.2) is 63.7 Å². The molecule has 0 spiro atoms. The smallest absolute Gasteiger partial charge is 0.306 e. The normalized spacial score (nSPS) is 27.1. The summed E-state index contributed by atoms with van der Waals surface area (Å²) in [5.74, 6) is -0.550. The molecule has 0 aromatic rings. The van der Waals surface area contributed by atoms with Crippen LogP contribution in [0.2, 0.25) is 0 Å². The Morgan fingerprint density at radius 3 is 2.26 bits per heavy atom. The maximum Gasteiger partial charge on any atom is 0.306 e. The van der Waals surface area contributed by atoms with Gasteiger partial charge in [-0.3, -0.25) is 4.79 Å². The molecule has 180 valence electrons. The highest BCUT2D eigenvalue weighted by Crippen LogP contribution is 2.23. The van der Waals surface area contributed by atoms with Gasteiger partial charge >= 0.3 is 5.97 Å². The molecule has 0 radical (unpaired) electrons. The number of carbonyl (C=O) groups excluding carboxylic acids is 1. The molecule has 7 heteroatoms. The molecular weight excluding hydrogens is 400 g/mol. The van der Waals surface area contributed by atoms with E-state index in [9.17, 15) is 20.1 Å². The average molecular weight is 444 g/mol. The SMILES string of the molecule is [2H]CCCCCC=CCC=CCCCCCCCC(=O)O[C@H]1[C@H](O)[C@@H](CO)OC(O)[C@@H]1O. The molecule has 4 N–H and O–H groups in total. The number of carbonyl (C=O) groups is 1. The number of rotatable bonds is 16. The summed E-state index contributed by atoms with van der Waals surface area (Å²) in [4.78, 5) is 12.0. The van der Waals surface area contributed by atoms with E-state index in [2.05, 4.69) is 24.3 Å². The van der Waals surface area contributed by atoms with Gasteiger partial charge in [0.2, 0.25) is 0 Å². The Bertz CT molecular complexity index is 540. The summed E-state index contributed by atoms with van der Waals surface area (Å²) in [6.07, 6.45) is 13.2. The van der Waals surface area contributed by atoms with Crippen LogP contribution in [0, 0.1) is 0 Å². The van der Waals surface area contributed by atoms with Gasteiger partial charge in [-0.05, 0) is 38.5 Å². The Morgan fingerprint density at radius 2 is 1.58 bits per heavy atom. The lowest BCUT2D eigenvalue weighted by molar-refractivity contribution is -0.289. The Morgan fingerprint density at radius 1 is 0.935 bits per heavy atom. The Labute approximate surface area is 188 Å². The number of esters is 1. The molecule has 31 heavy (non-hydrogen) atoms. The van der Waals surface area contributed by atoms with E-state index in [0.29, 0.717) is 13.3 Å². The largest absolute Gasteiger partial charge is 0.456 e. The maximum absolute atomic E-state index is 12.0. The Hall–Kier alpha value is -1.25. The van der Waals surface area contributed by atoms with Crippen molar-refractivity contribution < 1.29 is 36.1 Å². The standard InChI is InChI=1S/C24H42O7/c1-2-3-4-5-6-7-8-9-10-11-12-13-14-15-16-17-20(26)31-23-21(27)19(18-25)30-24(29)22(23)28/h6-7,9-10,19,21-25,27-29H,2-5,8,11-18H2,1H3/t19-,21-,22-,23+,24?/m1/s1/i1D. The number of ether oxygens (including phenoxy) is 2. The average Bonchev–Trinajstić information content (AvgIpc) is 2.78. The molecule has 7 nitrogen and oxygen atoms in total. The maximum atomic E-state index is 12.0. The summed E-state index contributed by atoms with van der Waals surface area (Å²) < 4.78 is 17.1. The first kappa shape index (κ1) is 26.0. The van der Waals surface area contributed by atoms with Crippen LogP contribution in [0.4, 0.5) is 0 Å². The molecule has 5 atom stereocenters. The third-order valence-electron chi connectivity index (χ3n) is 5.34. The fourth-order valence-corrected chi connectivity index (χ4v) is 3.42. The molecule has 1 fully saturated rings. The fourth-order valence-electron chi connectivity index (χ4n) is 3.42. The number of hydrogen-bond acceptors (Lipinski definition) is 7. The summed E-state index contributed by atoms with van der Waals surface area (Å²) in [6.45, 7) is -0.0252. The second-order valence-corrected chi connectivity index (χ2v) is 8.02. The predicted molar refractivity (Wildman–Crippen MR) is 119 cm³/mol. The van der Waals surface area contributed by atoms with Crippen molar-refractivity contribution in [3.05, 3.63) is 24.3 Å². The second kappa shape index (κ2) is 17.3. The van der Waals surface area contributed by atoms with Crippen LogP contribution in [0.15, 0.2) is 24.3 Å². The molecular formula is C24H42O7. The number of aliphatic hydroxyl groups excluding tert-OH is 4. The topological polar surface area (TPSA) is 116 Å². The lowest BCUT2D eigenvalue weighted by atomic mass is 9.99. The minimum Gasteiger partial charge on any atom is -0.456 e. The van der Waals surface area contributed by atoms with E-state index in [4.69, 9.17) is 16.0 Å². The highest BCUT2D eigenvalue weighted by Gasteiger charge is 2.45. The van der Waals surface area contributed by atoms with Crippen molar-refractivity contribution in [1.29, 1.82) is 0 Å². The van der Waals surface area contributed by atoms with Crippen LogP contribution >= 0.6 is 0 Å². The van der Waals surface area contributed by atoms with Crippen molar-refractivity contribution in [3.63, 3.8) is 0 Å². The van der Waals surface area contributed by atoms with Crippen LogP contribution in [0.3, 0.4) is 0 Å². The van der Waals surface area contributed by atoms with Gasteiger partial charge in [-0.2, -0.15) is 0 Å². The molecule has 1 rings (SSSR count). The summed E-state index contributed by atoms with van der Waals surface area (Å²) in [7, 11) is 0. The molecule has 1 heterocycles. The van der Waals surface area contributed by atoms with E-state index in [1.807, 2.05) is 0 Å². The summed E-state index contributed by atoms with van der Waals surface area (Å²) in [5, 5.41) is 38.7. The molecule has 0 bridgehead atoms. The monoisotopic (exact) mass is 443 g/mol. The van der Waals surface area contributed by atoms with Gasteiger partial charge in [-0.1, -0.05) is 63.3 Å². The van der Waals surface area contributed by atoms with Gasteiger partial charge in [0.05, 0.1) is 6.61 Å². The first-order valence-electron chi connectivity index (χ1n) is 12.3. The minimum absolute atomic E-state index is 0.173. The van der Waals surface area contributed by atoms with Crippen LogP contribution < -0.4 is 0 Å². The quantitative estimate of drug-likeness (QED) is 0.164. The fraction of sp³-hybridized carbons (Fsp3) is 0.792. The van der Waals surface area contributed by atoms with E-state index < -0.39 is 43.3 Å². The lowest BCUT2D eigenvalue weighted by Gasteiger charge is -2.39. The van der Waals surface area contributed by atoms with E-state index >= 15 is 0 Å². The van der Waals surface area contributed by atoms with E-state index in [1.165, 1.54) is 6.42 Å². The molecule has 0 aromatic carbocycles. The first-order valence-corrected chi connectivity index (χ1v) is 11.6. The molecule has 0 aliphatic carbocycles. The van der Waals surface area contributed by atoms with Crippen molar-refractivity contribution >= 4 is 5.97 Å². The van der Waals surface area contributed by atoms with E-state index in [1.54, 1.807) is 0 Å². The van der Waals surface area contributed by atoms with Crippen LogP contribution in [0.5, 0.6) is 0 Å². The van der Waals surface area contributed by atoms with Crippen molar-refractivity contribution in [2.45, 2.75) is 115 Å². The van der Waals surface area contributed by atoms with Crippen molar-refractivity contribution in [3.8, 4) is 0 Å². The molecule has 1 saturated heterocycles. The van der Waals surface area contributed by atoms with Gasteiger partial charge in [-0.15, -0.1) is 0 Å². The predicted octanol–water partition coefficient (Wildman–Crippen LogP) is 3.14. The van der Waals surface area contributed by atoms with Crippen molar-refractivity contribution in [2.24, 2.45) is 0 Å². The minimum atomic E-state index is -1.62. The first-order chi connectivity index (χ1) is 15.5. The zero-order valence-electron chi connectivity index (χ0n) is 19.6. The number of allylic oxidation sites excluding steroid dienone is 4. The second-order valence-electron chi connectivity index (χ2n) is 8.02.